The van der Waals surface area contributed by atoms with Gasteiger partial charge in [-0.1, -0.05) is 84.9 Å². The molecule has 1 N–H and O–H groups in total. The summed E-state index contributed by atoms with van der Waals surface area (Å²) < 4.78 is 6.95. The first-order chi connectivity index (χ1) is 18.6. The molecule has 3 saturated heterocycles. The number of rotatable bonds is 8. The van der Waals surface area contributed by atoms with E-state index in [4.69, 9.17) is 4.74 Å². The van der Waals surface area contributed by atoms with Gasteiger partial charge in [-0.25, -0.2) is 4.79 Å². The Balaban J connectivity index is 1.18. The molecule has 4 aromatic rings. The van der Waals surface area contributed by atoms with Crippen molar-refractivity contribution in [3.05, 3.63) is 114 Å². The third kappa shape index (κ3) is 5.07. The maximum Gasteiger partial charge on any atom is 0.333 e. The van der Waals surface area contributed by atoms with E-state index in [2.05, 4.69) is 11.4 Å². The highest BCUT2D eigenvalue weighted by molar-refractivity contribution is 6.00. The number of esters is 1. The first-order valence-corrected chi connectivity index (χ1v) is 13.5. The van der Waals surface area contributed by atoms with E-state index in [-0.39, 0.29) is 17.9 Å². The summed E-state index contributed by atoms with van der Waals surface area (Å²) in [6.45, 7) is 3.07. The molecule has 0 aromatic heterocycles. The fourth-order valence-electron chi connectivity index (χ4n) is 6.18. The number of nitrogens with one attached hydrogen (secondary N) is 1. The Bertz CT molecular complexity index is 1430. The third-order valence-corrected chi connectivity index (χ3v) is 8.31. The van der Waals surface area contributed by atoms with Crippen molar-refractivity contribution in [2.45, 2.75) is 25.0 Å². The van der Waals surface area contributed by atoms with Gasteiger partial charge >= 0.3 is 5.97 Å². The van der Waals surface area contributed by atoms with Gasteiger partial charge in [-0.2, -0.15) is 0 Å². The van der Waals surface area contributed by atoms with E-state index in [1.807, 2.05) is 97.1 Å². The number of quaternary nitrogens is 1. The molecule has 4 aromatic carbocycles. The Kier molecular flexibility index (Phi) is 6.69. The molecule has 2 bridgehead atoms. The normalized spacial score (nSPS) is 23.1. The number of carbonyl (C=O) groups excluding carboxylic acids is 2. The molecule has 0 amide bonds. The second-order valence-electron chi connectivity index (χ2n) is 10.8. The summed E-state index contributed by atoms with van der Waals surface area (Å²) in [7, 11) is 0. The number of para-hydroxylation sites is 1. The molecule has 192 valence electrons. The zero-order valence-corrected chi connectivity index (χ0v) is 21.5. The van der Waals surface area contributed by atoms with Gasteiger partial charge in [0.25, 0.3) is 0 Å². The molecular weight excluding hydrogens is 472 g/mol. The van der Waals surface area contributed by atoms with E-state index in [0.717, 1.165) is 53.5 Å². The predicted octanol–water partition coefficient (Wildman–Crippen LogP) is 6.03. The fraction of sp³-hybridized carbons (Fsp3) is 0.273. The number of benzene rings is 4. The number of ether oxygens (including phenoxy) is 1. The molecule has 5 nitrogen and oxygen atoms in total. The molecule has 0 saturated carbocycles. The summed E-state index contributed by atoms with van der Waals surface area (Å²) in [6, 6.07) is 33.0. The van der Waals surface area contributed by atoms with E-state index in [1.54, 1.807) is 0 Å². The smallest absolute Gasteiger partial charge is 0.333 e. The lowest BCUT2D eigenvalue weighted by molar-refractivity contribution is -0.938. The number of fused-ring (bicyclic) bond motifs is 4. The maximum atomic E-state index is 13.6. The second-order valence-corrected chi connectivity index (χ2v) is 10.8. The average molecular weight is 506 g/mol. The van der Waals surface area contributed by atoms with Crippen LogP contribution in [0.15, 0.2) is 103 Å². The summed E-state index contributed by atoms with van der Waals surface area (Å²) >= 11 is 0. The molecule has 0 spiro atoms. The number of Topliss-reactive ketones (excluding diaryl/α,β-unsaturated/α-hetero) is 1. The van der Waals surface area contributed by atoms with E-state index in [0.29, 0.717) is 23.5 Å². The highest BCUT2D eigenvalue weighted by Crippen LogP contribution is 2.37. The quantitative estimate of drug-likeness (QED) is 0.181. The standard InChI is InChI=1S/C33H33N2O3/c36-30(28-16-15-24-9-7-8-12-27(24)21-28)22-35-19-17-25(18-20-35)31(23-35)38-33(37)32(26-10-3-1-4-11-26)34-29-13-5-2-6-14-29/h1-16,21,25,31-32,34H,17-20,22-23H2/q+1/t25?,31-,32+,35?/m0/s1. The molecule has 3 aliphatic heterocycles. The zero-order valence-electron chi connectivity index (χ0n) is 21.5. The van der Waals surface area contributed by atoms with Gasteiger partial charge in [0, 0.05) is 30.0 Å². The lowest BCUT2D eigenvalue weighted by Gasteiger charge is -2.51. The van der Waals surface area contributed by atoms with E-state index in [9.17, 15) is 9.59 Å². The van der Waals surface area contributed by atoms with Crippen LogP contribution in [0, 0.1) is 5.92 Å². The van der Waals surface area contributed by atoms with Gasteiger partial charge < -0.3 is 14.5 Å². The van der Waals surface area contributed by atoms with Crippen LogP contribution in [0.2, 0.25) is 0 Å². The summed E-state index contributed by atoms with van der Waals surface area (Å²) in [6.07, 6.45) is 1.77. The summed E-state index contributed by atoms with van der Waals surface area (Å²) in [4.78, 5) is 27.0. The number of anilines is 1. The molecule has 5 heteroatoms. The number of carbonyl (C=O) groups is 2. The number of ketones is 1. The second kappa shape index (κ2) is 10.4. The largest absolute Gasteiger partial charge is 0.454 e. The molecule has 0 radical (unpaired) electrons. The van der Waals surface area contributed by atoms with Crippen LogP contribution in [0.25, 0.3) is 10.8 Å². The van der Waals surface area contributed by atoms with Crippen LogP contribution >= 0.6 is 0 Å². The van der Waals surface area contributed by atoms with Crippen molar-refractivity contribution in [2.24, 2.45) is 5.92 Å². The first-order valence-electron chi connectivity index (χ1n) is 13.5. The van der Waals surface area contributed by atoms with Crippen LogP contribution in [-0.4, -0.2) is 48.5 Å². The van der Waals surface area contributed by atoms with Crippen molar-refractivity contribution < 1.29 is 18.8 Å². The number of piperidine rings is 3. The highest BCUT2D eigenvalue weighted by atomic mass is 16.5. The van der Waals surface area contributed by atoms with Crippen LogP contribution < -0.4 is 5.32 Å². The van der Waals surface area contributed by atoms with E-state index in [1.165, 1.54) is 0 Å². The molecular formula is C33H33N2O3+. The zero-order chi connectivity index (χ0) is 26.0. The molecule has 0 aliphatic carbocycles. The van der Waals surface area contributed by atoms with Gasteiger partial charge in [0.15, 0.2) is 12.1 Å². The van der Waals surface area contributed by atoms with Crippen LogP contribution in [0.1, 0.15) is 34.8 Å². The van der Waals surface area contributed by atoms with Crippen LogP contribution in [0.4, 0.5) is 5.69 Å². The van der Waals surface area contributed by atoms with Gasteiger partial charge in [0.2, 0.25) is 5.78 Å². The average Bonchev–Trinajstić information content (AvgIpc) is 2.97. The monoisotopic (exact) mass is 505 g/mol. The maximum absolute atomic E-state index is 13.6. The minimum atomic E-state index is -0.596. The lowest BCUT2D eigenvalue weighted by Crippen LogP contribution is -2.65. The first kappa shape index (κ1) is 24.4. The van der Waals surface area contributed by atoms with E-state index >= 15 is 0 Å². The Morgan fingerprint density at radius 2 is 1.47 bits per heavy atom. The van der Waals surface area contributed by atoms with Gasteiger partial charge in [-0.05, 0) is 34.5 Å². The van der Waals surface area contributed by atoms with E-state index < -0.39 is 6.04 Å². The van der Waals surface area contributed by atoms with Crippen molar-refractivity contribution in [1.29, 1.82) is 0 Å². The minimum Gasteiger partial charge on any atom is -0.454 e. The molecule has 38 heavy (non-hydrogen) atoms. The molecule has 3 aliphatic rings. The Morgan fingerprint density at radius 1 is 0.816 bits per heavy atom. The number of hydrogen-bond donors (Lipinski definition) is 1. The van der Waals surface area contributed by atoms with Crippen molar-refractivity contribution >= 4 is 28.2 Å². The van der Waals surface area contributed by atoms with Crippen LogP contribution in [0.3, 0.4) is 0 Å². The fourth-order valence-corrected chi connectivity index (χ4v) is 6.18. The van der Waals surface area contributed by atoms with Crippen LogP contribution in [-0.2, 0) is 9.53 Å². The Morgan fingerprint density at radius 3 is 2.21 bits per heavy atom. The molecule has 2 atom stereocenters. The third-order valence-electron chi connectivity index (χ3n) is 8.31. The molecule has 3 fully saturated rings. The lowest BCUT2D eigenvalue weighted by atomic mass is 9.82. The van der Waals surface area contributed by atoms with Gasteiger partial charge in [-0.15, -0.1) is 0 Å². The van der Waals surface area contributed by atoms with Gasteiger partial charge in [0.1, 0.15) is 13.1 Å². The van der Waals surface area contributed by atoms with Crippen molar-refractivity contribution in [3.8, 4) is 0 Å². The van der Waals surface area contributed by atoms with Gasteiger partial charge in [0.05, 0.1) is 13.1 Å². The Hall–Kier alpha value is -3.96. The number of hydrogen-bond acceptors (Lipinski definition) is 4. The predicted molar refractivity (Wildman–Crippen MR) is 150 cm³/mol. The van der Waals surface area contributed by atoms with Crippen LogP contribution in [0.5, 0.6) is 0 Å². The topological polar surface area (TPSA) is 55.4 Å². The molecule has 7 rings (SSSR count). The summed E-state index contributed by atoms with van der Waals surface area (Å²) in [5.41, 5.74) is 2.50. The molecule has 3 heterocycles. The molecule has 0 unspecified atom stereocenters. The van der Waals surface area contributed by atoms with Crippen molar-refractivity contribution in [2.75, 3.05) is 31.5 Å². The highest BCUT2D eigenvalue weighted by Gasteiger charge is 2.49. The van der Waals surface area contributed by atoms with Crippen molar-refractivity contribution in [1.82, 2.24) is 0 Å². The van der Waals surface area contributed by atoms with Crippen molar-refractivity contribution in [3.63, 3.8) is 0 Å². The Labute approximate surface area is 223 Å². The summed E-state index contributed by atoms with van der Waals surface area (Å²) in [5.74, 6) is 0.245. The number of nitrogens with zero attached hydrogens (tertiary/aromatic N) is 1. The minimum absolute atomic E-state index is 0.161. The summed E-state index contributed by atoms with van der Waals surface area (Å²) in [5, 5.41) is 5.59. The van der Waals surface area contributed by atoms with Gasteiger partial charge in [-0.3, -0.25) is 4.79 Å². The SMILES string of the molecule is O=C(C[N+]12CCC(CC1)[C@@H](OC(=O)[C@H](Nc1ccccc1)c1ccccc1)C2)c1ccc2ccccc2c1.